The summed E-state index contributed by atoms with van der Waals surface area (Å²) >= 11 is 0. The summed E-state index contributed by atoms with van der Waals surface area (Å²) < 4.78 is 10.5. The Labute approximate surface area is 128 Å². The van der Waals surface area contributed by atoms with Crippen LogP contribution in [-0.2, 0) is 0 Å². The van der Waals surface area contributed by atoms with Crippen LogP contribution in [0.4, 0.5) is 0 Å². The highest BCUT2D eigenvalue weighted by Gasteiger charge is 2.19. The first-order valence-corrected chi connectivity index (χ1v) is 6.73. The maximum atomic E-state index is 10.0. The Morgan fingerprint density at radius 1 is 1.09 bits per heavy atom. The van der Waals surface area contributed by atoms with Gasteiger partial charge in [-0.1, -0.05) is 17.3 Å². The normalized spacial score (nSPS) is 10.6. The first-order chi connectivity index (χ1) is 10.6. The van der Waals surface area contributed by atoms with E-state index in [2.05, 4.69) is 5.16 Å². The SMILES string of the molecule is COc1ccc(-c2c(C)noc2-c2ccc(O)cc2O)cc1.[HH]. The average molecular weight is 299 g/mol. The van der Waals surface area contributed by atoms with Crippen LogP contribution < -0.4 is 4.74 Å². The number of nitrogens with zero attached hydrogens (tertiary/aromatic N) is 1. The van der Waals surface area contributed by atoms with Gasteiger partial charge in [0.2, 0.25) is 0 Å². The largest absolute Gasteiger partial charge is 0.508 e. The van der Waals surface area contributed by atoms with E-state index in [9.17, 15) is 10.2 Å². The highest BCUT2D eigenvalue weighted by Crippen LogP contribution is 2.40. The molecule has 5 nitrogen and oxygen atoms in total. The Morgan fingerprint density at radius 2 is 1.82 bits per heavy atom. The Kier molecular flexibility index (Phi) is 3.47. The summed E-state index contributed by atoms with van der Waals surface area (Å²) in [5.41, 5.74) is 2.89. The van der Waals surface area contributed by atoms with Crippen molar-refractivity contribution in [1.82, 2.24) is 5.16 Å². The number of aromatic nitrogens is 1. The van der Waals surface area contributed by atoms with Crippen LogP contribution in [0.5, 0.6) is 17.2 Å². The van der Waals surface area contributed by atoms with Gasteiger partial charge in [0, 0.05) is 7.49 Å². The van der Waals surface area contributed by atoms with Crippen molar-refractivity contribution in [1.29, 1.82) is 0 Å². The second-order valence-corrected chi connectivity index (χ2v) is 4.90. The molecule has 0 aliphatic rings. The number of benzene rings is 2. The molecule has 0 bridgehead atoms. The van der Waals surface area contributed by atoms with Crippen LogP contribution in [0.3, 0.4) is 0 Å². The number of aryl methyl sites for hydroxylation is 1. The van der Waals surface area contributed by atoms with Gasteiger partial charge in [0.25, 0.3) is 0 Å². The van der Waals surface area contributed by atoms with Gasteiger partial charge in [-0.3, -0.25) is 0 Å². The van der Waals surface area contributed by atoms with Gasteiger partial charge in [-0.15, -0.1) is 0 Å². The molecule has 0 amide bonds. The molecular weight excluding hydrogens is 282 g/mol. The first-order valence-electron chi connectivity index (χ1n) is 6.73. The fourth-order valence-corrected chi connectivity index (χ4v) is 2.36. The molecule has 2 N–H and O–H groups in total. The van der Waals surface area contributed by atoms with Crippen LogP contribution in [0.25, 0.3) is 22.5 Å². The van der Waals surface area contributed by atoms with Crippen molar-refractivity contribution in [3.8, 4) is 39.7 Å². The molecule has 0 aliphatic heterocycles. The molecule has 0 aliphatic carbocycles. The number of phenolic OH excluding ortho intramolecular Hbond substituents is 2. The van der Waals surface area contributed by atoms with E-state index in [0.717, 1.165) is 16.9 Å². The number of methoxy groups -OCH3 is 1. The van der Waals surface area contributed by atoms with Crippen molar-refractivity contribution in [3.05, 3.63) is 48.2 Å². The van der Waals surface area contributed by atoms with E-state index in [4.69, 9.17) is 9.26 Å². The van der Waals surface area contributed by atoms with Crippen LogP contribution >= 0.6 is 0 Å². The standard InChI is InChI=1S/C17H15NO4.H2/c1-10-16(11-3-6-13(21-2)7-4-11)17(22-18-10)14-8-5-12(19)9-15(14)20;/h3-9,19-20H,1-2H3;1H. The maximum Gasteiger partial charge on any atom is 0.178 e. The molecule has 0 fully saturated rings. The minimum atomic E-state index is -0.0640. The topological polar surface area (TPSA) is 75.7 Å². The molecule has 3 rings (SSSR count). The fourth-order valence-electron chi connectivity index (χ4n) is 2.36. The van der Waals surface area contributed by atoms with Gasteiger partial charge in [0.15, 0.2) is 5.76 Å². The smallest absolute Gasteiger partial charge is 0.178 e. The summed E-state index contributed by atoms with van der Waals surface area (Å²) in [4.78, 5) is 0. The molecule has 3 aromatic rings. The van der Waals surface area contributed by atoms with Crippen LogP contribution in [0.15, 0.2) is 47.0 Å². The van der Waals surface area contributed by atoms with Crippen LogP contribution in [0.1, 0.15) is 7.12 Å². The quantitative estimate of drug-likeness (QED) is 0.765. The van der Waals surface area contributed by atoms with E-state index in [1.165, 1.54) is 12.1 Å². The molecule has 1 aromatic heterocycles. The predicted octanol–water partition coefficient (Wildman–Crippen LogP) is 3.98. The van der Waals surface area contributed by atoms with Crippen molar-refractivity contribution in [2.24, 2.45) is 0 Å². The van der Waals surface area contributed by atoms with E-state index >= 15 is 0 Å². The maximum absolute atomic E-state index is 10.0. The van der Waals surface area contributed by atoms with Crippen molar-refractivity contribution in [2.45, 2.75) is 6.92 Å². The summed E-state index contributed by atoms with van der Waals surface area (Å²) in [6, 6.07) is 11.9. The van der Waals surface area contributed by atoms with Crippen molar-refractivity contribution in [2.75, 3.05) is 7.11 Å². The molecule has 0 radical (unpaired) electrons. The first kappa shape index (κ1) is 14.0. The van der Waals surface area contributed by atoms with Gasteiger partial charge in [-0.2, -0.15) is 0 Å². The average Bonchev–Trinajstić information content (AvgIpc) is 2.89. The molecular formula is C17H17NO4. The van der Waals surface area contributed by atoms with E-state index < -0.39 is 0 Å². The number of hydrogen-bond donors (Lipinski definition) is 2. The number of ether oxygens (including phenoxy) is 1. The zero-order valence-corrected chi connectivity index (χ0v) is 12.2. The van der Waals surface area contributed by atoms with Crippen LogP contribution in [0, 0.1) is 6.92 Å². The Hall–Kier alpha value is -2.95. The lowest BCUT2D eigenvalue weighted by atomic mass is 9.99. The Balaban J connectivity index is 0.00000192. The molecule has 5 heteroatoms. The lowest BCUT2D eigenvalue weighted by Crippen LogP contribution is -1.86. The summed E-state index contributed by atoms with van der Waals surface area (Å²) in [6.07, 6.45) is 0. The van der Waals surface area contributed by atoms with Crippen molar-refractivity contribution in [3.63, 3.8) is 0 Å². The zero-order valence-electron chi connectivity index (χ0n) is 12.2. The van der Waals surface area contributed by atoms with Crippen LogP contribution in [-0.4, -0.2) is 22.5 Å². The second kappa shape index (κ2) is 5.44. The van der Waals surface area contributed by atoms with E-state index in [1.807, 2.05) is 31.2 Å². The van der Waals surface area contributed by atoms with E-state index in [-0.39, 0.29) is 12.9 Å². The molecule has 0 saturated carbocycles. The lowest BCUT2D eigenvalue weighted by Gasteiger charge is -2.06. The fraction of sp³-hybridized carbons (Fsp3) is 0.118. The molecule has 22 heavy (non-hydrogen) atoms. The van der Waals surface area contributed by atoms with E-state index in [0.29, 0.717) is 17.0 Å². The van der Waals surface area contributed by atoms with Crippen LogP contribution in [0.2, 0.25) is 0 Å². The highest BCUT2D eigenvalue weighted by molar-refractivity contribution is 5.84. The van der Waals surface area contributed by atoms with Gasteiger partial charge in [-0.25, -0.2) is 0 Å². The second-order valence-electron chi connectivity index (χ2n) is 4.90. The minimum Gasteiger partial charge on any atom is -0.508 e. The third-order valence-electron chi connectivity index (χ3n) is 3.47. The van der Waals surface area contributed by atoms with Gasteiger partial charge < -0.3 is 19.5 Å². The summed E-state index contributed by atoms with van der Waals surface area (Å²) in [7, 11) is 1.61. The Morgan fingerprint density at radius 3 is 2.45 bits per heavy atom. The zero-order chi connectivity index (χ0) is 15.7. The van der Waals surface area contributed by atoms with Gasteiger partial charge in [-0.05, 0) is 36.8 Å². The molecule has 2 aromatic carbocycles. The number of aromatic hydroxyl groups is 2. The number of phenols is 2. The number of rotatable bonds is 3. The number of hydrogen-bond acceptors (Lipinski definition) is 5. The minimum absolute atomic E-state index is 0. The van der Waals surface area contributed by atoms with Gasteiger partial charge in [0.05, 0.1) is 23.9 Å². The molecule has 0 atom stereocenters. The van der Waals surface area contributed by atoms with Crippen molar-refractivity contribution < 1.29 is 20.9 Å². The molecule has 114 valence electrons. The molecule has 0 unspecified atom stereocenters. The molecule has 0 saturated heterocycles. The third kappa shape index (κ3) is 2.37. The van der Waals surface area contributed by atoms with Crippen molar-refractivity contribution >= 4 is 0 Å². The summed E-state index contributed by atoms with van der Waals surface area (Å²) in [5.74, 6) is 1.14. The molecule has 0 spiro atoms. The lowest BCUT2D eigenvalue weighted by molar-refractivity contribution is 0.415. The molecule has 1 heterocycles. The highest BCUT2D eigenvalue weighted by atomic mass is 16.5. The Bertz CT molecular complexity index is 812. The third-order valence-corrected chi connectivity index (χ3v) is 3.47. The van der Waals surface area contributed by atoms with Gasteiger partial charge in [0.1, 0.15) is 17.2 Å². The predicted molar refractivity (Wildman–Crippen MR) is 84.1 cm³/mol. The summed E-state index contributed by atoms with van der Waals surface area (Å²) in [5, 5.41) is 23.4. The summed E-state index contributed by atoms with van der Waals surface area (Å²) in [6.45, 7) is 1.84. The van der Waals surface area contributed by atoms with E-state index in [1.54, 1.807) is 13.2 Å². The van der Waals surface area contributed by atoms with Gasteiger partial charge >= 0.3 is 0 Å². The monoisotopic (exact) mass is 299 g/mol.